The van der Waals surface area contributed by atoms with Gasteiger partial charge in [-0.25, -0.2) is 8.42 Å². The molecule has 0 saturated heterocycles. The minimum absolute atomic E-state index is 0.0278. The van der Waals surface area contributed by atoms with Crippen molar-refractivity contribution in [2.24, 2.45) is 0 Å². The lowest BCUT2D eigenvalue weighted by atomic mass is 10.2. The van der Waals surface area contributed by atoms with Crippen molar-refractivity contribution in [2.45, 2.75) is 11.8 Å². The summed E-state index contributed by atoms with van der Waals surface area (Å²) in [4.78, 5) is 0.0278. The molecule has 4 nitrogen and oxygen atoms in total. The summed E-state index contributed by atoms with van der Waals surface area (Å²) in [5.74, 6) is 0. The fraction of sp³-hybridized carbons (Fsp3) is 0.0769. The van der Waals surface area contributed by atoms with E-state index < -0.39 is 10.0 Å². The van der Waals surface area contributed by atoms with Crippen molar-refractivity contribution in [1.29, 1.82) is 0 Å². The molecule has 3 N–H and O–H groups in total. The van der Waals surface area contributed by atoms with E-state index in [4.69, 9.17) is 17.3 Å². The summed E-state index contributed by atoms with van der Waals surface area (Å²) in [6.45, 7) is 1.79. The van der Waals surface area contributed by atoms with Gasteiger partial charge in [0.15, 0.2) is 0 Å². The topological polar surface area (TPSA) is 72.2 Å². The Morgan fingerprint density at radius 3 is 2.55 bits per heavy atom. The lowest BCUT2D eigenvalue weighted by Crippen LogP contribution is -2.15. The molecule has 0 aromatic heterocycles. The summed E-state index contributed by atoms with van der Waals surface area (Å²) < 4.78 is 27.9. The van der Waals surface area contributed by atoms with Gasteiger partial charge in [0, 0.05) is 9.50 Å². The van der Waals surface area contributed by atoms with Crippen LogP contribution >= 0.6 is 27.5 Å². The Bertz CT molecular complexity index is 763. The van der Waals surface area contributed by atoms with Crippen molar-refractivity contribution in [2.75, 3.05) is 10.5 Å². The fourth-order valence-corrected chi connectivity index (χ4v) is 3.45. The third-order valence-corrected chi connectivity index (χ3v) is 4.87. The largest absolute Gasteiger partial charge is 0.398 e. The number of nitrogens with two attached hydrogens (primary N) is 1. The zero-order chi connectivity index (χ0) is 14.9. The highest BCUT2D eigenvalue weighted by atomic mass is 79.9. The molecule has 2 aromatic rings. The molecular formula is C13H12BrClN2O2S. The average Bonchev–Trinajstić information content (AvgIpc) is 2.33. The van der Waals surface area contributed by atoms with Crippen LogP contribution in [0.2, 0.25) is 5.02 Å². The van der Waals surface area contributed by atoms with Crippen LogP contribution < -0.4 is 10.5 Å². The highest BCUT2D eigenvalue weighted by Gasteiger charge is 2.18. The first-order chi connectivity index (χ1) is 9.29. The van der Waals surface area contributed by atoms with Crippen molar-refractivity contribution < 1.29 is 8.42 Å². The molecule has 2 rings (SSSR count). The van der Waals surface area contributed by atoms with Crippen LogP contribution in [-0.4, -0.2) is 8.42 Å². The molecule has 0 heterocycles. The molecule has 0 fully saturated rings. The number of nitrogens with one attached hydrogen (secondary N) is 1. The van der Waals surface area contributed by atoms with E-state index in [1.54, 1.807) is 37.3 Å². The van der Waals surface area contributed by atoms with Crippen molar-refractivity contribution in [3.05, 3.63) is 51.5 Å². The third-order valence-electron chi connectivity index (χ3n) is 2.71. The van der Waals surface area contributed by atoms with Crippen molar-refractivity contribution in [3.63, 3.8) is 0 Å². The Labute approximate surface area is 131 Å². The number of anilines is 2. The number of nitrogen functional groups attached to an aromatic ring is 1. The maximum atomic E-state index is 12.3. The van der Waals surface area contributed by atoms with E-state index in [0.717, 1.165) is 5.56 Å². The molecule has 0 amide bonds. The van der Waals surface area contributed by atoms with Crippen molar-refractivity contribution in [1.82, 2.24) is 0 Å². The average molecular weight is 376 g/mol. The quantitative estimate of drug-likeness (QED) is 0.802. The summed E-state index contributed by atoms with van der Waals surface area (Å²) in [6.07, 6.45) is 0. The molecule has 0 aliphatic carbocycles. The molecule has 106 valence electrons. The smallest absolute Gasteiger partial charge is 0.263 e. The van der Waals surface area contributed by atoms with E-state index >= 15 is 0 Å². The molecular weight excluding hydrogens is 364 g/mol. The zero-order valence-electron chi connectivity index (χ0n) is 10.5. The van der Waals surface area contributed by atoms with Gasteiger partial charge in [-0.05, 0) is 42.8 Å². The summed E-state index contributed by atoms with van der Waals surface area (Å²) in [6, 6.07) is 9.61. The maximum Gasteiger partial charge on any atom is 0.263 e. The Balaban J connectivity index is 2.43. The van der Waals surface area contributed by atoms with Crippen LogP contribution in [0, 0.1) is 6.92 Å². The Morgan fingerprint density at radius 2 is 1.90 bits per heavy atom. The summed E-state index contributed by atoms with van der Waals surface area (Å²) >= 11 is 9.12. The number of benzene rings is 2. The van der Waals surface area contributed by atoms with Crippen LogP contribution in [-0.2, 0) is 10.0 Å². The van der Waals surface area contributed by atoms with Crippen LogP contribution in [0.3, 0.4) is 0 Å². The van der Waals surface area contributed by atoms with Gasteiger partial charge in [0.1, 0.15) is 4.90 Å². The normalized spacial score (nSPS) is 11.3. The first-order valence-electron chi connectivity index (χ1n) is 5.63. The van der Waals surface area contributed by atoms with Gasteiger partial charge in [0.2, 0.25) is 0 Å². The van der Waals surface area contributed by atoms with E-state index in [-0.39, 0.29) is 10.6 Å². The van der Waals surface area contributed by atoms with Crippen LogP contribution in [0.5, 0.6) is 0 Å². The summed E-state index contributed by atoms with van der Waals surface area (Å²) in [5, 5.41) is 0.456. The van der Waals surface area contributed by atoms with E-state index in [0.29, 0.717) is 15.2 Å². The number of sulfonamides is 1. The predicted octanol–water partition coefficient (Wildman–Crippen LogP) is 3.79. The highest BCUT2D eigenvalue weighted by Crippen LogP contribution is 2.27. The second-order valence-electron chi connectivity index (χ2n) is 4.25. The van der Waals surface area contributed by atoms with Gasteiger partial charge in [-0.3, -0.25) is 4.72 Å². The number of halogens is 2. The van der Waals surface area contributed by atoms with Crippen LogP contribution in [0.1, 0.15) is 5.56 Å². The van der Waals surface area contributed by atoms with Crippen LogP contribution in [0.25, 0.3) is 0 Å². The molecule has 0 atom stereocenters. The molecule has 20 heavy (non-hydrogen) atoms. The number of rotatable bonds is 3. The highest BCUT2D eigenvalue weighted by molar-refractivity contribution is 9.10. The molecule has 0 aliphatic heterocycles. The van der Waals surface area contributed by atoms with Crippen LogP contribution in [0.15, 0.2) is 45.8 Å². The van der Waals surface area contributed by atoms with Gasteiger partial charge < -0.3 is 5.73 Å². The van der Waals surface area contributed by atoms with E-state index in [1.807, 2.05) is 0 Å². The van der Waals surface area contributed by atoms with Gasteiger partial charge in [-0.1, -0.05) is 33.6 Å². The first-order valence-corrected chi connectivity index (χ1v) is 8.29. The minimum atomic E-state index is -3.75. The maximum absolute atomic E-state index is 12.3. The Kier molecular flexibility index (Phi) is 4.27. The molecule has 0 spiro atoms. The summed E-state index contributed by atoms with van der Waals surface area (Å²) in [7, 11) is -3.75. The van der Waals surface area contributed by atoms with E-state index in [9.17, 15) is 8.42 Å². The second kappa shape index (κ2) is 5.63. The molecule has 0 saturated carbocycles. The lowest BCUT2D eigenvalue weighted by Gasteiger charge is -2.12. The van der Waals surface area contributed by atoms with Gasteiger partial charge in [-0.2, -0.15) is 0 Å². The van der Waals surface area contributed by atoms with E-state index in [1.165, 1.54) is 6.07 Å². The van der Waals surface area contributed by atoms with Crippen molar-refractivity contribution in [3.8, 4) is 0 Å². The second-order valence-corrected chi connectivity index (χ2v) is 7.25. The Morgan fingerprint density at radius 1 is 1.20 bits per heavy atom. The monoisotopic (exact) mass is 374 g/mol. The Hall–Kier alpha value is -1.24. The lowest BCUT2D eigenvalue weighted by molar-refractivity contribution is 0.601. The molecule has 0 radical (unpaired) electrons. The number of hydrogen-bond acceptors (Lipinski definition) is 3. The predicted molar refractivity (Wildman–Crippen MR) is 85.6 cm³/mol. The molecule has 7 heteroatoms. The molecule has 0 aliphatic rings. The fourth-order valence-electron chi connectivity index (χ4n) is 1.67. The molecule has 0 unspecified atom stereocenters. The molecule has 0 bridgehead atoms. The number of aryl methyl sites for hydroxylation is 1. The summed E-state index contributed by atoms with van der Waals surface area (Å²) in [5.41, 5.74) is 7.13. The van der Waals surface area contributed by atoms with E-state index in [2.05, 4.69) is 20.7 Å². The van der Waals surface area contributed by atoms with Gasteiger partial charge in [-0.15, -0.1) is 0 Å². The van der Waals surface area contributed by atoms with Gasteiger partial charge in [0.05, 0.1) is 11.4 Å². The van der Waals surface area contributed by atoms with Gasteiger partial charge in [0.25, 0.3) is 10.0 Å². The third kappa shape index (κ3) is 3.26. The zero-order valence-corrected chi connectivity index (χ0v) is 13.7. The standard InChI is InChI=1S/C13H12BrClN2O2S/c1-8-2-4-10(15)7-12(8)17-20(18,19)13-5-3-9(14)6-11(13)16/h2-7,17H,16H2,1H3. The first kappa shape index (κ1) is 15.2. The SMILES string of the molecule is Cc1ccc(Cl)cc1NS(=O)(=O)c1ccc(Br)cc1N. The minimum Gasteiger partial charge on any atom is -0.398 e. The van der Waals surface area contributed by atoms with Gasteiger partial charge >= 0.3 is 0 Å². The van der Waals surface area contributed by atoms with Crippen molar-refractivity contribution >= 4 is 48.9 Å². The molecule has 2 aromatic carbocycles. The number of hydrogen-bond donors (Lipinski definition) is 2. The van der Waals surface area contributed by atoms with Crippen LogP contribution in [0.4, 0.5) is 11.4 Å².